The molecule has 11 heteroatoms. The van der Waals surface area contributed by atoms with Crippen molar-refractivity contribution in [3.63, 3.8) is 0 Å². The van der Waals surface area contributed by atoms with Crippen molar-refractivity contribution in [3.8, 4) is 0 Å². The number of nitrogens with zero attached hydrogens (tertiary/aromatic N) is 2. The molecular formula is C13H22N2O7P2. The molecule has 1 aliphatic rings. The van der Waals surface area contributed by atoms with Gasteiger partial charge in [-0.05, 0) is 38.1 Å². The highest BCUT2D eigenvalue weighted by Crippen LogP contribution is 2.68. The SMILES string of the molecule is O=P(O)(O)C(O)(CCN1CCC(c2ccccn2)CC1)P(=O)(O)O. The molecular weight excluding hydrogens is 358 g/mol. The van der Waals surface area contributed by atoms with Gasteiger partial charge in [-0.15, -0.1) is 0 Å². The van der Waals surface area contributed by atoms with Crippen LogP contribution in [0.2, 0.25) is 0 Å². The van der Waals surface area contributed by atoms with E-state index in [4.69, 9.17) is 19.6 Å². The molecule has 0 aromatic carbocycles. The highest BCUT2D eigenvalue weighted by Gasteiger charge is 2.59. The van der Waals surface area contributed by atoms with E-state index in [1.54, 1.807) is 6.20 Å². The standard InChI is InChI=1S/C13H22N2O7P2/c16-13(23(17,18)19,24(20,21)22)6-10-15-8-4-11(5-9-15)12-3-1-2-7-14-12/h1-3,7,11,16H,4-6,8-10H2,(H2,17,18,19)(H2,20,21,22). The summed E-state index contributed by atoms with van der Waals surface area (Å²) in [5.41, 5.74) is 0.985. The smallest absolute Gasteiger partial charge is 0.367 e. The van der Waals surface area contributed by atoms with E-state index in [0.717, 1.165) is 18.5 Å². The molecule has 1 fully saturated rings. The Kier molecular flexibility index (Phi) is 6.00. The summed E-state index contributed by atoms with van der Waals surface area (Å²) in [6.07, 6.45) is 2.58. The van der Waals surface area contributed by atoms with Gasteiger partial charge in [-0.25, -0.2) is 0 Å². The lowest BCUT2D eigenvalue weighted by atomic mass is 9.93. The van der Waals surface area contributed by atoms with Crippen molar-refractivity contribution in [1.82, 2.24) is 9.88 Å². The van der Waals surface area contributed by atoms with E-state index in [2.05, 4.69) is 4.98 Å². The molecule has 0 saturated carbocycles. The first-order valence-electron chi connectivity index (χ1n) is 7.51. The van der Waals surface area contributed by atoms with Gasteiger partial charge < -0.3 is 29.6 Å². The number of aromatic nitrogens is 1. The largest absolute Gasteiger partial charge is 0.369 e. The normalized spacial score (nSPS) is 18.7. The first-order chi connectivity index (χ1) is 11.0. The summed E-state index contributed by atoms with van der Waals surface area (Å²) in [5.74, 6) is 0.282. The first-order valence-corrected chi connectivity index (χ1v) is 10.7. The lowest BCUT2D eigenvalue weighted by molar-refractivity contribution is 0.102. The second kappa shape index (κ2) is 7.32. The Morgan fingerprint density at radius 2 is 1.71 bits per heavy atom. The van der Waals surface area contributed by atoms with E-state index >= 15 is 0 Å². The van der Waals surface area contributed by atoms with Crippen LogP contribution in [0.3, 0.4) is 0 Å². The molecule has 1 aromatic heterocycles. The molecule has 2 rings (SSSR count). The van der Waals surface area contributed by atoms with Gasteiger partial charge in [0.2, 0.25) is 0 Å². The van der Waals surface area contributed by atoms with E-state index in [1.807, 2.05) is 23.1 Å². The van der Waals surface area contributed by atoms with Gasteiger partial charge in [0.15, 0.2) is 0 Å². The molecule has 5 N–H and O–H groups in total. The van der Waals surface area contributed by atoms with Gasteiger partial charge in [0.25, 0.3) is 5.08 Å². The van der Waals surface area contributed by atoms with Gasteiger partial charge in [-0.2, -0.15) is 0 Å². The Morgan fingerprint density at radius 1 is 1.12 bits per heavy atom. The van der Waals surface area contributed by atoms with Crippen molar-refractivity contribution in [2.45, 2.75) is 30.3 Å². The fourth-order valence-electron chi connectivity index (χ4n) is 2.84. The number of pyridine rings is 1. The molecule has 1 aromatic rings. The second-order valence-electron chi connectivity index (χ2n) is 5.98. The summed E-state index contributed by atoms with van der Waals surface area (Å²) in [4.78, 5) is 42.7. The summed E-state index contributed by atoms with van der Waals surface area (Å²) < 4.78 is 22.7. The lowest BCUT2D eigenvalue weighted by Gasteiger charge is -2.35. The summed E-state index contributed by atoms with van der Waals surface area (Å²) in [5, 5.41) is 6.55. The second-order valence-corrected chi connectivity index (χ2v) is 9.99. The summed E-state index contributed by atoms with van der Waals surface area (Å²) >= 11 is 0. The summed E-state index contributed by atoms with van der Waals surface area (Å²) in [6, 6.07) is 5.69. The van der Waals surface area contributed by atoms with Crippen LogP contribution in [0, 0.1) is 0 Å². The molecule has 24 heavy (non-hydrogen) atoms. The first kappa shape index (κ1) is 19.7. The van der Waals surface area contributed by atoms with Crippen molar-refractivity contribution in [3.05, 3.63) is 30.1 Å². The highest BCUT2D eigenvalue weighted by atomic mass is 31.2. The predicted molar refractivity (Wildman–Crippen MR) is 86.3 cm³/mol. The van der Waals surface area contributed by atoms with E-state index in [1.165, 1.54) is 0 Å². The van der Waals surface area contributed by atoms with Crippen LogP contribution in [0.4, 0.5) is 0 Å². The van der Waals surface area contributed by atoms with Gasteiger partial charge in [0.1, 0.15) is 0 Å². The number of aliphatic hydroxyl groups is 1. The zero-order chi connectivity index (χ0) is 18.0. The summed E-state index contributed by atoms with van der Waals surface area (Å²) in [6.45, 7) is 1.18. The molecule has 0 radical (unpaired) electrons. The lowest BCUT2D eigenvalue weighted by Crippen LogP contribution is -2.38. The molecule has 1 saturated heterocycles. The van der Waals surface area contributed by atoms with Crippen LogP contribution in [0.5, 0.6) is 0 Å². The zero-order valence-electron chi connectivity index (χ0n) is 13.0. The minimum Gasteiger partial charge on any atom is -0.367 e. The minimum atomic E-state index is -5.38. The quantitative estimate of drug-likeness (QED) is 0.448. The number of hydrogen-bond acceptors (Lipinski definition) is 5. The van der Waals surface area contributed by atoms with E-state index in [-0.39, 0.29) is 12.5 Å². The van der Waals surface area contributed by atoms with Gasteiger partial charge in [-0.1, -0.05) is 6.07 Å². The zero-order valence-corrected chi connectivity index (χ0v) is 14.8. The van der Waals surface area contributed by atoms with Gasteiger partial charge in [-0.3, -0.25) is 14.1 Å². The molecule has 9 nitrogen and oxygen atoms in total. The topological polar surface area (TPSA) is 151 Å². The van der Waals surface area contributed by atoms with E-state index < -0.39 is 26.7 Å². The number of hydrogen-bond donors (Lipinski definition) is 5. The van der Waals surface area contributed by atoms with Crippen LogP contribution in [0.1, 0.15) is 30.9 Å². The average molecular weight is 380 g/mol. The van der Waals surface area contributed by atoms with Crippen LogP contribution < -0.4 is 0 Å². The van der Waals surface area contributed by atoms with E-state index in [9.17, 15) is 14.2 Å². The molecule has 2 heterocycles. The molecule has 0 spiro atoms. The fraction of sp³-hybridized carbons (Fsp3) is 0.615. The van der Waals surface area contributed by atoms with Crippen LogP contribution in [-0.2, 0) is 9.13 Å². The third-order valence-corrected chi connectivity index (χ3v) is 8.27. The molecule has 0 amide bonds. The van der Waals surface area contributed by atoms with Crippen molar-refractivity contribution in [1.29, 1.82) is 0 Å². The van der Waals surface area contributed by atoms with Crippen LogP contribution >= 0.6 is 15.2 Å². The third-order valence-electron chi connectivity index (χ3n) is 4.39. The molecule has 0 atom stereocenters. The molecule has 0 unspecified atom stereocenters. The van der Waals surface area contributed by atoms with Gasteiger partial charge in [0.05, 0.1) is 0 Å². The maximum absolute atomic E-state index is 11.3. The number of piperidine rings is 1. The molecule has 0 aliphatic carbocycles. The van der Waals surface area contributed by atoms with Gasteiger partial charge >= 0.3 is 15.2 Å². The Labute approximate surface area is 139 Å². The Balaban J connectivity index is 1.94. The predicted octanol–water partition coefficient (Wildman–Crippen LogP) is 0.653. The Bertz CT molecular complexity index is 615. The number of rotatable bonds is 6. The van der Waals surface area contributed by atoms with Crippen molar-refractivity contribution in [2.75, 3.05) is 19.6 Å². The average Bonchev–Trinajstić information content (AvgIpc) is 2.52. The van der Waals surface area contributed by atoms with E-state index in [0.29, 0.717) is 13.1 Å². The van der Waals surface area contributed by atoms with Crippen LogP contribution in [0.15, 0.2) is 24.4 Å². The summed E-state index contributed by atoms with van der Waals surface area (Å²) in [7, 11) is -10.8. The fourth-order valence-corrected chi connectivity index (χ4v) is 4.98. The van der Waals surface area contributed by atoms with Crippen molar-refractivity contribution < 1.29 is 33.8 Å². The maximum Gasteiger partial charge on any atom is 0.369 e. The monoisotopic (exact) mass is 380 g/mol. The van der Waals surface area contributed by atoms with Gasteiger partial charge in [0, 0.05) is 30.8 Å². The molecule has 136 valence electrons. The maximum atomic E-state index is 11.3. The van der Waals surface area contributed by atoms with Crippen LogP contribution in [0.25, 0.3) is 0 Å². The molecule has 1 aliphatic heterocycles. The Morgan fingerprint density at radius 3 is 2.17 bits per heavy atom. The number of likely N-dealkylation sites (tertiary alicyclic amines) is 1. The third kappa shape index (κ3) is 4.31. The Hall–Kier alpha value is -0.630. The van der Waals surface area contributed by atoms with Crippen LogP contribution in [-0.4, -0.2) is 59.3 Å². The van der Waals surface area contributed by atoms with Crippen molar-refractivity contribution in [2.24, 2.45) is 0 Å². The van der Waals surface area contributed by atoms with Crippen molar-refractivity contribution >= 4 is 15.2 Å². The highest BCUT2D eigenvalue weighted by molar-refractivity contribution is 7.72. The minimum absolute atomic E-state index is 0.0122. The molecule has 0 bridgehead atoms.